The van der Waals surface area contributed by atoms with Crippen LogP contribution < -0.4 is 20.9 Å². The van der Waals surface area contributed by atoms with Crippen LogP contribution in [0.2, 0.25) is 0 Å². The Labute approximate surface area is 103 Å². The van der Waals surface area contributed by atoms with Crippen molar-refractivity contribution in [1.29, 1.82) is 0 Å². The second-order valence-electron chi connectivity index (χ2n) is 4.38. The van der Waals surface area contributed by atoms with Gasteiger partial charge < -0.3 is 20.9 Å². The molecule has 0 heterocycles. The van der Waals surface area contributed by atoms with Crippen LogP contribution in [0.15, 0.2) is 12.1 Å². The van der Waals surface area contributed by atoms with Crippen LogP contribution in [0, 0.1) is 6.92 Å². The van der Waals surface area contributed by atoms with Gasteiger partial charge in [0.1, 0.15) is 0 Å². The largest absolute Gasteiger partial charge is 0.493 e. The molecule has 0 saturated carbocycles. The lowest BCUT2D eigenvalue weighted by molar-refractivity contribution is 0.353. The number of nitrogens with two attached hydrogens (primary N) is 2. The number of methoxy groups -OCH3 is 2. The van der Waals surface area contributed by atoms with Gasteiger partial charge in [0.2, 0.25) is 0 Å². The lowest BCUT2D eigenvalue weighted by Crippen LogP contribution is -2.23. The predicted octanol–water partition coefficient (Wildman–Crippen LogP) is 1.75. The van der Waals surface area contributed by atoms with Crippen molar-refractivity contribution >= 4 is 0 Å². The highest BCUT2D eigenvalue weighted by atomic mass is 16.5. The molecule has 1 aromatic carbocycles. The van der Waals surface area contributed by atoms with Gasteiger partial charge in [0.05, 0.1) is 14.2 Å². The molecular weight excluding hydrogens is 216 g/mol. The summed E-state index contributed by atoms with van der Waals surface area (Å²) in [6.45, 7) is 3.97. The summed E-state index contributed by atoms with van der Waals surface area (Å²) in [5.41, 5.74) is 14.1. The molecule has 0 spiro atoms. The van der Waals surface area contributed by atoms with Crippen molar-refractivity contribution in [2.75, 3.05) is 14.2 Å². The number of rotatable bonds is 5. The standard InChI is InChI=1S/C13H22N2O2/c1-8-5-12(16-3)13(17-4)7-10(8)11(15)6-9(2)14/h5,7,9,11H,6,14-15H2,1-4H3. The second kappa shape index (κ2) is 5.89. The van der Waals surface area contributed by atoms with Gasteiger partial charge in [-0.1, -0.05) is 0 Å². The summed E-state index contributed by atoms with van der Waals surface area (Å²) in [5.74, 6) is 1.43. The molecule has 0 saturated heterocycles. The van der Waals surface area contributed by atoms with Crippen LogP contribution in [-0.2, 0) is 0 Å². The molecule has 0 radical (unpaired) electrons. The summed E-state index contributed by atoms with van der Waals surface area (Å²) in [4.78, 5) is 0. The van der Waals surface area contributed by atoms with Crippen molar-refractivity contribution < 1.29 is 9.47 Å². The van der Waals surface area contributed by atoms with Crippen LogP contribution in [0.25, 0.3) is 0 Å². The van der Waals surface area contributed by atoms with Gasteiger partial charge in [0, 0.05) is 12.1 Å². The number of hydrogen-bond acceptors (Lipinski definition) is 4. The highest BCUT2D eigenvalue weighted by Gasteiger charge is 2.15. The fourth-order valence-electron chi connectivity index (χ4n) is 1.92. The molecule has 0 amide bonds. The third-order valence-corrected chi connectivity index (χ3v) is 2.80. The molecule has 17 heavy (non-hydrogen) atoms. The molecule has 1 rings (SSSR count). The number of aryl methyl sites for hydroxylation is 1. The first-order chi connectivity index (χ1) is 7.99. The molecule has 4 heteroatoms. The maximum Gasteiger partial charge on any atom is 0.161 e. The molecule has 4 N–H and O–H groups in total. The average molecular weight is 238 g/mol. The van der Waals surface area contributed by atoms with Crippen molar-refractivity contribution in [3.63, 3.8) is 0 Å². The molecule has 2 unspecified atom stereocenters. The summed E-state index contributed by atoms with van der Waals surface area (Å²) in [7, 11) is 3.24. The average Bonchev–Trinajstić information content (AvgIpc) is 2.27. The number of benzene rings is 1. The fourth-order valence-corrected chi connectivity index (χ4v) is 1.92. The quantitative estimate of drug-likeness (QED) is 0.820. The zero-order valence-electron chi connectivity index (χ0n) is 11.0. The van der Waals surface area contributed by atoms with E-state index in [0.29, 0.717) is 5.75 Å². The maximum absolute atomic E-state index is 6.14. The van der Waals surface area contributed by atoms with Crippen molar-refractivity contribution in [3.05, 3.63) is 23.3 Å². The maximum atomic E-state index is 6.14. The van der Waals surface area contributed by atoms with E-state index in [1.807, 2.05) is 26.0 Å². The van der Waals surface area contributed by atoms with Crippen molar-refractivity contribution in [3.8, 4) is 11.5 Å². The van der Waals surface area contributed by atoms with Gasteiger partial charge in [-0.3, -0.25) is 0 Å². The molecule has 0 aliphatic rings. The Kier molecular flexibility index (Phi) is 4.78. The van der Waals surface area contributed by atoms with Gasteiger partial charge >= 0.3 is 0 Å². The molecule has 1 aromatic rings. The van der Waals surface area contributed by atoms with Crippen molar-refractivity contribution in [1.82, 2.24) is 0 Å². The van der Waals surface area contributed by atoms with E-state index >= 15 is 0 Å². The number of hydrogen-bond donors (Lipinski definition) is 2. The van der Waals surface area contributed by atoms with Crippen LogP contribution in [0.5, 0.6) is 11.5 Å². The Bertz CT molecular complexity index is 378. The van der Waals surface area contributed by atoms with Crippen LogP contribution in [-0.4, -0.2) is 20.3 Å². The highest BCUT2D eigenvalue weighted by molar-refractivity contribution is 5.48. The smallest absolute Gasteiger partial charge is 0.161 e. The molecule has 2 atom stereocenters. The van der Waals surface area contributed by atoms with Gasteiger partial charge in [0.15, 0.2) is 11.5 Å². The van der Waals surface area contributed by atoms with Gasteiger partial charge in [-0.2, -0.15) is 0 Å². The zero-order valence-corrected chi connectivity index (χ0v) is 11.0. The predicted molar refractivity (Wildman–Crippen MR) is 69.5 cm³/mol. The Morgan fingerprint density at radius 2 is 1.65 bits per heavy atom. The monoisotopic (exact) mass is 238 g/mol. The molecular formula is C13H22N2O2. The van der Waals surface area contributed by atoms with Crippen molar-refractivity contribution in [2.24, 2.45) is 11.5 Å². The Morgan fingerprint density at radius 1 is 1.12 bits per heavy atom. The molecule has 0 aliphatic carbocycles. The van der Waals surface area contributed by atoms with E-state index in [1.165, 1.54) is 0 Å². The van der Waals surface area contributed by atoms with E-state index < -0.39 is 0 Å². The summed E-state index contributed by atoms with van der Waals surface area (Å²) in [6.07, 6.45) is 0.746. The molecule has 96 valence electrons. The molecule has 0 aliphatic heterocycles. The lowest BCUT2D eigenvalue weighted by atomic mass is 9.96. The zero-order chi connectivity index (χ0) is 13.0. The Hall–Kier alpha value is -1.26. The summed E-state index contributed by atoms with van der Waals surface area (Å²) in [6, 6.07) is 3.88. The molecule has 4 nitrogen and oxygen atoms in total. The first-order valence-corrected chi connectivity index (χ1v) is 5.73. The van der Waals surface area contributed by atoms with E-state index in [0.717, 1.165) is 23.3 Å². The Balaban J connectivity index is 3.07. The van der Waals surface area contributed by atoms with E-state index in [4.69, 9.17) is 20.9 Å². The molecule has 0 aromatic heterocycles. The van der Waals surface area contributed by atoms with Crippen LogP contribution in [0.3, 0.4) is 0 Å². The highest BCUT2D eigenvalue weighted by Crippen LogP contribution is 2.33. The molecule has 0 fully saturated rings. The van der Waals surface area contributed by atoms with Gasteiger partial charge in [-0.15, -0.1) is 0 Å². The van der Waals surface area contributed by atoms with Crippen molar-refractivity contribution in [2.45, 2.75) is 32.4 Å². The minimum absolute atomic E-state index is 0.0743. The van der Waals surface area contributed by atoms with Crippen LogP contribution >= 0.6 is 0 Å². The van der Waals surface area contributed by atoms with Crippen LogP contribution in [0.4, 0.5) is 0 Å². The van der Waals surface area contributed by atoms with Gasteiger partial charge in [-0.05, 0) is 43.5 Å². The summed E-state index contributed by atoms with van der Waals surface area (Å²) < 4.78 is 10.5. The SMILES string of the molecule is COc1cc(C)c(C(N)CC(C)N)cc1OC. The fraction of sp³-hybridized carbons (Fsp3) is 0.538. The normalized spacial score (nSPS) is 14.2. The lowest BCUT2D eigenvalue weighted by Gasteiger charge is -2.19. The third-order valence-electron chi connectivity index (χ3n) is 2.80. The van der Waals surface area contributed by atoms with Gasteiger partial charge in [-0.25, -0.2) is 0 Å². The summed E-state index contributed by atoms with van der Waals surface area (Å²) in [5, 5.41) is 0. The second-order valence-corrected chi connectivity index (χ2v) is 4.38. The van der Waals surface area contributed by atoms with Gasteiger partial charge in [0.25, 0.3) is 0 Å². The third kappa shape index (κ3) is 3.35. The van der Waals surface area contributed by atoms with Crippen LogP contribution in [0.1, 0.15) is 30.5 Å². The first kappa shape index (κ1) is 13.8. The van der Waals surface area contributed by atoms with E-state index in [1.54, 1.807) is 14.2 Å². The van der Waals surface area contributed by atoms with E-state index in [-0.39, 0.29) is 12.1 Å². The first-order valence-electron chi connectivity index (χ1n) is 5.73. The number of ether oxygens (including phenoxy) is 2. The molecule has 0 bridgehead atoms. The van der Waals surface area contributed by atoms with E-state index in [9.17, 15) is 0 Å². The summed E-state index contributed by atoms with van der Waals surface area (Å²) >= 11 is 0. The Morgan fingerprint density at radius 3 is 2.12 bits per heavy atom. The minimum Gasteiger partial charge on any atom is -0.493 e. The minimum atomic E-state index is -0.0743. The van der Waals surface area contributed by atoms with E-state index in [2.05, 4.69) is 0 Å². The topological polar surface area (TPSA) is 70.5 Å².